The van der Waals surface area contributed by atoms with Crippen LogP contribution in [0, 0.1) is 5.92 Å². The summed E-state index contributed by atoms with van der Waals surface area (Å²) in [7, 11) is 0. The van der Waals surface area contributed by atoms with Crippen LogP contribution in [-0.4, -0.2) is 48.8 Å². The van der Waals surface area contributed by atoms with Gasteiger partial charge in [-0.1, -0.05) is 0 Å². The first-order valence-electron chi connectivity index (χ1n) is 6.25. The van der Waals surface area contributed by atoms with E-state index in [0.717, 1.165) is 38.9 Å². The highest BCUT2D eigenvalue weighted by molar-refractivity contribution is 5.69. The fraction of sp³-hybridized carbons (Fsp3) is 0.917. The van der Waals surface area contributed by atoms with E-state index in [4.69, 9.17) is 9.84 Å². The number of carbonyl (C=O) groups is 1. The third kappa shape index (κ3) is 4.94. The highest BCUT2D eigenvalue weighted by atomic mass is 16.5. The Morgan fingerprint density at radius 1 is 1.44 bits per heavy atom. The smallest absolute Gasteiger partial charge is 0.306 e. The molecule has 0 aliphatic carbocycles. The van der Waals surface area contributed by atoms with Crippen molar-refractivity contribution in [2.75, 3.05) is 32.8 Å². The molecule has 1 aliphatic heterocycles. The summed E-state index contributed by atoms with van der Waals surface area (Å²) in [5.74, 6) is 0.431. The van der Waals surface area contributed by atoms with Crippen LogP contribution in [0.2, 0.25) is 0 Å². The molecule has 4 nitrogen and oxygen atoms in total. The highest BCUT2D eigenvalue weighted by Gasteiger charge is 2.21. The molecule has 1 heterocycles. The van der Waals surface area contributed by atoms with Gasteiger partial charge in [0.05, 0.1) is 6.61 Å². The zero-order chi connectivity index (χ0) is 11.8. The lowest BCUT2D eigenvalue weighted by molar-refractivity contribution is -0.144. The standard InChI is InChI=1S/C12H23NO3/c1-2-16-12(15)10-11-4-7-13(8-5-11)6-3-9-14/h11,14H,2-10H2,1H3. The van der Waals surface area contributed by atoms with Crippen LogP contribution < -0.4 is 0 Å². The fourth-order valence-electron chi connectivity index (χ4n) is 2.16. The summed E-state index contributed by atoms with van der Waals surface area (Å²) in [6.07, 6.45) is 3.57. The van der Waals surface area contributed by atoms with Gasteiger partial charge >= 0.3 is 5.97 Å². The molecule has 4 heteroatoms. The second-order valence-electron chi connectivity index (χ2n) is 4.37. The van der Waals surface area contributed by atoms with Gasteiger partial charge in [-0.05, 0) is 45.2 Å². The van der Waals surface area contributed by atoms with Gasteiger partial charge in [-0.25, -0.2) is 0 Å². The summed E-state index contributed by atoms with van der Waals surface area (Å²) >= 11 is 0. The summed E-state index contributed by atoms with van der Waals surface area (Å²) < 4.78 is 4.95. The van der Waals surface area contributed by atoms with Gasteiger partial charge in [-0.2, -0.15) is 0 Å². The lowest BCUT2D eigenvalue weighted by Crippen LogP contribution is -2.35. The monoisotopic (exact) mass is 229 g/mol. The van der Waals surface area contributed by atoms with Crippen LogP contribution in [0.4, 0.5) is 0 Å². The van der Waals surface area contributed by atoms with Crippen LogP contribution in [0.5, 0.6) is 0 Å². The summed E-state index contributed by atoms with van der Waals surface area (Å²) in [6.45, 7) is 5.66. The van der Waals surface area contributed by atoms with E-state index in [1.807, 2.05) is 6.92 Å². The van der Waals surface area contributed by atoms with Crippen LogP contribution in [0.25, 0.3) is 0 Å². The number of aliphatic hydroxyl groups is 1. The summed E-state index contributed by atoms with van der Waals surface area (Å²) in [5, 5.41) is 8.74. The average molecular weight is 229 g/mol. The number of likely N-dealkylation sites (tertiary alicyclic amines) is 1. The third-order valence-electron chi connectivity index (χ3n) is 3.10. The second-order valence-corrected chi connectivity index (χ2v) is 4.37. The molecular formula is C12H23NO3. The fourth-order valence-corrected chi connectivity index (χ4v) is 2.16. The number of hydrogen-bond acceptors (Lipinski definition) is 4. The summed E-state index contributed by atoms with van der Waals surface area (Å²) in [5.41, 5.74) is 0. The molecule has 16 heavy (non-hydrogen) atoms. The van der Waals surface area contributed by atoms with E-state index in [1.54, 1.807) is 0 Å². The molecule has 0 aromatic rings. The Bertz CT molecular complexity index is 200. The van der Waals surface area contributed by atoms with Crippen molar-refractivity contribution in [2.24, 2.45) is 5.92 Å². The first-order chi connectivity index (χ1) is 7.76. The summed E-state index contributed by atoms with van der Waals surface area (Å²) in [4.78, 5) is 13.7. The van der Waals surface area contributed by atoms with Crippen molar-refractivity contribution in [3.8, 4) is 0 Å². The zero-order valence-corrected chi connectivity index (χ0v) is 10.2. The van der Waals surface area contributed by atoms with Crippen LogP contribution in [-0.2, 0) is 9.53 Å². The Labute approximate surface area is 97.6 Å². The van der Waals surface area contributed by atoms with Crippen LogP contribution in [0.1, 0.15) is 32.6 Å². The number of carbonyl (C=O) groups excluding carboxylic acids is 1. The number of esters is 1. The van der Waals surface area contributed by atoms with Crippen molar-refractivity contribution in [3.05, 3.63) is 0 Å². The van der Waals surface area contributed by atoms with Gasteiger partial charge in [-0.15, -0.1) is 0 Å². The van der Waals surface area contributed by atoms with Gasteiger partial charge in [-0.3, -0.25) is 4.79 Å². The number of aliphatic hydroxyl groups excluding tert-OH is 1. The first-order valence-corrected chi connectivity index (χ1v) is 6.25. The largest absolute Gasteiger partial charge is 0.466 e. The molecule has 0 aromatic heterocycles. The number of nitrogens with zero attached hydrogens (tertiary/aromatic N) is 1. The Balaban J connectivity index is 2.14. The van der Waals surface area contributed by atoms with Gasteiger partial charge in [0.1, 0.15) is 0 Å². The van der Waals surface area contributed by atoms with Crippen molar-refractivity contribution in [1.82, 2.24) is 4.90 Å². The molecule has 1 N–H and O–H groups in total. The summed E-state index contributed by atoms with van der Waals surface area (Å²) in [6, 6.07) is 0. The second kappa shape index (κ2) is 7.63. The highest BCUT2D eigenvalue weighted by Crippen LogP contribution is 2.20. The maximum atomic E-state index is 11.3. The minimum atomic E-state index is -0.0590. The topological polar surface area (TPSA) is 49.8 Å². The first kappa shape index (κ1) is 13.5. The predicted molar refractivity (Wildman–Crippen MR) is 62.1 cm³/mol. The van der Waals surface area contributed by atoms with Gasteiger partial charge < -0.3 is 14.7 Å². The van der Waals surface area contributed by atoms with E-state index < -0.39 is 0 Å². The van der Waals surface area contributed by atoms with E-state index in [9.17, 15) is 4.79 Å². The van der Waals surface area contributed by atoms with Crippen molar-refractivity contribution in [3.63, 3.8) is 0 Å². The average Bonchev–Trinajstić information content (AvgIpc) is 2.28. The number of hydrogen-bond donors (Lipinski definition) is 1. The molecule has 0 spiro atoms. The van der Waals surface area contributed by atoms with Crippen molar-refractivity contribution in [2.45, 2.75) is 32.6 Å². The molecule has 1 saturated heterocycles. The molecule has 1 rings (SSSR count). The quantitative estimate of drug-likeness (QED) is 0.691. The Hall–Kier alpha value is -0.610. The maximum Gasteiger partial charge on any atom is 0.306 e. The zero-order valence-electron chi connectivity index (χ0n) is 10.2. The normalized spacial score (nSPS) is 18.6. The van der Waals surface area contributed by atoms with E-state index in [2.05, 4.69) is 4.90 Å². The SMILES string of the molecule is CCOC(=O)CC1CCN(CCCO)CC1. The molecule has 1 aliphatic rings. The van der Waals surface area contributed by atoms with Gasteiger partial charge in [0.15, 0.2) is 0 Å². The molecular weight excluding hydrogens is 206 g/mol. The Morgan fingerprint density at radius 2 is 2.12 bits per heavy atom. The minimum Gasteiger partial charge on any atom is -0.466 e. The van der Waals surface area contributed by atoms with Crippen molar-refractivity contribution >= 4 is 5.97 Å². The van der Waals surface area contributed by atoms with Crippen LogP contribution in [0.3, 0.4) is 0 Å². The van der Waals surface area contributed by atoms with Gasteiger partial charge in [0, 0.05) is 19.6 Å². The number of rotatable bonds is 6. The van der Waals surface area contributed by atoms with Gasteiger partial charge in [0.2, 0.25) is 0 Å². The molecule has 0 unspecified atom stereocenters. The Morgan fingerprint density at radius 3 is 2.69 bits per heavy atom. The van der Waals surface area contributed by atoms with E-state index in [1.165, 1.54) is 0 Å². The van der Waals surface area contributed by atoms with Crippen LogP contribution in [0.15, 0.2) is 0 Å². The molecule has 0 amide bonds. The van der Waals surface area contributed by atoms with E-state index in [-0.39, 0.29) is 12.6 Å². The molecule has 0 bridgehead atoms. The third-order valence-corrected chi connectivity index (χ3v) is 3.10. The molecule has 0 radical (unpaired) electrons. The minimum absolute atomic E-state index is 0.0590. The lowest BCUT2D eigenvalue weighted by Gasteiger charge is -2.31. The predicted octanol–water partition coefficient (Wildman–Crippen LogP) is 1.03. The Kier molecular flexibility index (Phi) is 6.42. The van der Waals surface area contributed by atoms with Crippen LogP contribution >= 0.6 is 0 Å². The van der Waals surface area contributed by atoms with E-state index in [0.29, 0.717) is 18.9 Å². The van der Waals surface area contributed by atoms with Gasteiger partial charge in [0.25, 0.3) is 0 Å². The van der Waals surface area contributed by atoms with Crippen molar-refractivity contribution < 1.29 is 14.6 Å². The lowest BCUT2D eigenvalue weighted by atomic mass is 9.93. The number of ether oxygens (including phenoxy) is 1. The molecule has 94 valence electrons. The molecule has 0 atom stereocenters. The molecule has 0 saturated carbocycles. The molecule has 1 fully saturated rings. The number of piperidine rings is 1. The maximum absolute atomic E-state index is 11.3. The molecule has 0 aromatic carbocycles. The van der Waals surface area contributed by atoms with Crippen molar-refractivity contribution in [1.29, 1.82) is 0 Å². The van der Waals surface area contributed by atoms with E-state index >= 15 is 0 Å².